The minimum atomic E-state index is -0.420. The Labute approximate surface area is 127 Å². The molecule has 0 aromatic heterocycles. The Balaban J connectivity index is 2.59. The van der Waals surface area contributed by atoms with Gasteiger partial charge in [0.25, 0.3) is 0 Å². The van der Waals surface area contributed by atoms with Crippen molar-refractivity contribution in [1.29, 1.82) is 0 Å². The zero-order valence-corrected chi connectivity index (χ0v) is 13.3. The summed E-state index contributed by atoms with van der Waals surface area (Å²) in [6.07, 6.45) is 2.48. The fourth-order valence-corrected chi connectivity index (χ4v) is 3.16. The van der Waals surface area contributed by atoms with Crippen LogP contribution in [0.3, 0.4) is 0 Å². The van der Waals surface area contributed by atoms with Gasteiger partial charge < -0.3 is 14.2 Å². The van der Waals surface area contributed by atoms with Crippen molar-refractivity contribution < 1.29 is 19.0 Å². The van der Waals surface area contributed by atoms with E-state index in [1.54, 1.807) is 20.1 Å². The molecule has 1 heterocycles. The molecule has 1 unspecified atom stereocenters. The van der Waals surface area contributed by atoms with E-state index in [1.807, 2.05) is 6.26 Å². The molecule has 1 aromatic carbocycles. The Hall–Kier alpha value is -0.910. The van der Waals surface area contributed by atoms with Crippen molar-refractivity contribution in [3.63, 3.8) is 0 Å². The van der Waals surface area contributed by atoms with Gasteiger partial charge in [-0.15, -0.1) is 11.8 Å². The van der Waals surface area contributed by atoms with Gasteiger partial charge in [-0.25, -0.2) is 4.79 Å². The Morgan fingerprint density at radius 2 is 2.35 bits per heavy atom. The van der Waals surface area contributed by atoms with Gasteiger partial charge in [-0.2, -0.15) is 0 Å². The number of hydrogen-bond donors (Lipinski definition) is 0. The molecule has 20 heavy (non-hydrogen) atoms. The summed E-state index contributed by atoms with van der Waals surface area (Å²) in [6, 6.07) is 1.72. The SMILES string of the molecule is CCOC(=O)c1cc(SC)c2c(c1Cl)C(OC)CCO2. The second kappa shape index (κ2) is 6.70. The van der Waals surface area contributed by atoms with Crippen LogP contribution in [0, 0.1) is 0 Å². The first-order valence-corrected chi connectivity index (χ1v) is 7.97. The van der Waals surface area contributed by atoms with Crippen molar-refractivity contribution in [3.05, 3.63) is 22.2 Å². The summed E-state index contributed by atoms with van der Waals surface area (Å²) in [5.41, 5.74) is 1.11. The van der Waals surface area contributed by atoms with Gasteiger partial charge in [0.05, 0.1) is 34.8 Å². The number of esters is 1. The quantitative estimate of drug-likeness (QED) is 0.626. The van der Waals surface area contributed by atoms with Gasteiger partial charge in [0.2, 0.25) is 0 Å². The molecule has 1 aliphatic rings. The van der Waals surface area contributed by atoms with Crippen LogP contribution >= 0.6 is 23.4 Å². The van der Waals surface area contributed by atoms with Gasteiger partial charge >= 0.3 is 5.97 Å². The third-order valence-electron chi connectivity index (χ3n) is 3.16. The van der Waals surface area contributed by atoms with E-state index < -0.39 is 5.97 Å². The van der Waals surface area contributed by atoms with E-state index in [9.17, 15) is 4.79 Å². The van der Waals surface area contributed by atoms with Gasteiger partial charge in [-0.1, -0.05) is 11.6 Å². The summed E-state index contributed by atoms with van der Waals surface area (Å²) >= 11 is 7.90. The normalized spacial score (nSPS) is 17.3. The Morgan fingerprint density at radius 3 is 2.95 bits per heavy atom. The number of rotatable bonds is 4. The first kappa shape index (κ1) is 15.5. The lowest BCUT2D eigenvalue weighted by molar-refractivity contribution is 0.0519. The van der Waals surface area contributed by atoms with Crippen LogP contribution in [0.2, 0.25) is 5.02 Å². The van der Waals surface area contributed by atoms with Gasteiger partial charge in [0, 0.05) is 19.1 Å². The van der Waals surface area contributed by atoms with Gasteiger partial charge in [0.15, 0.2) is 0 Å². The summed E-state index contributed by atoms with van der Waals surface area (Å²) in [4.78, 5) is 12.9. The molecule has 6 heteroatoms. The predicted octanol–water partition coefficient (Wildman–Crippen LogP) is 3.71. The molecule has 0 saturated heterocycles. The van der Waals surface area contributed by atoms with Gasteiger partial charge in [0.1, 0.15) is 5.75 Å². The van der Waals surface area contributed by atoms with Crippen LogP contribution in [-0.4, -0.2) is 32.5 Å². The van der Waals surface area contributed by atoms with E-state index >= 15 is 0 Å². The van der Waals surface area contributed by atoms with Crippen molar-refractivity contribution in [2.75, 3.05) is 26.6 Å². The van der Waals surface area contributed by atoms with Crippen molar-refractivity contribution in [2.24, 2.45) is 0 Å². The Kier molecular flexibility index (Phi) is 5.18. The lowest BCUT2D eigenvalue weighted by Gasteiger charge is -2.28. The molecule has 0 bridgehead atoms. The molecule has 0 N–H and O–H groups in total. The molecule has 0 radical (unpaired) electrons. The molecule has 1 atom stereocenters. The highest BCUT2D eigenvalue weighted by atomic mass is 35.5. The van der Waals surface area contributed by atoms with E-state index in [1.165, 1.54) is 11.8 Å². The Morgan fingerprint density at radius 1 is 1.60 bits per heavy atom. The molecule has 1 aromatic rings. The fourth-order valence-electron chi connectivity index (χ4n) is 2.23. The van der Waals surface area contributed by atoms with Crippen LogP contribution in [0.25, 0.3) is 0 Å². The van der Waals surface area contributed by atoms with E-state index in [2.05, 4.69) is 0 Å². The third-order valence-corrected chi connectivity index (χ3v) is 4.32. The van der Waals surface area contributed by atoms with Gasteiger partial charge in [-0.3, -0.25) is 0 Å². The monoisotopic (exact) mass is 316 g/mol. The maximum Gasteiger partial charge on any atom is 0.339 e. The molecule has 2 rings (SSSR count). The van der Waals surface area contributed by atoms with Gasteiger partial charge in [-0.05, 0) is 19.2 Å². The van der Waals surface area contributed by atoms with E-state index in [4.69, 9.17) is 25.8 Å². The number of thioether (sulfide) groups is 1. The molecule has 110 valence electrons. The average molecular weight is 317 g/mol. The molecule has 0 fully saturated rings. The number of ether oxygens (including phenoxy) is 3. The smallest absolute Gasteiger partial charge is 0.339 e. The Bertz CT molecular complexity index is 518. The van der Waals surface area contributed by atoms with E-state index in [0.717, 1.165) is 10.5 Å². The van der Waals surface area contributed by atoms with Crippen LogP contribution in [0.4, 0.5) is 0 Å². The summed E-state index contributed by atoms with van der Waals surface area (Å²) in [7, 11) is 1.63. The second-order valence-corrected chi connectivity index (χ2v) is 5.49. The number of fused-ring (bicyclic) bond motifs is 1. The minimum Gasteiger partial charge on any atom is -0.492 e. The number of carbonyl (C=O) groups excluding carboxylic acids is 1. The van der Waals surface area contributed by atoms with Crippen molar-refractivity contribution in [1.82, 2.24) is 0 Å². The average Bonchev–Trinajstić information content (AvgIpc) is 2.47. The number of benzene rings is 1. The maximum absolute atomic E-state index is 12.0. The molecule has 0 saturated carbocycles. The first-order chi connectivity index (χ1) is 9.63. The van der Waals surface area contributed by atoms with Crippen LogP contribution in [0.5, 0.6) is 5.75 Å². The third kappa shape index (κ3) is 2.75. The lowest BCUT2D eigenvalue weighted by Crippen LogP contribution is -2.18. The fraction of sp³-hybridized carbons (Fsp3) is 0.500. The molecular formula is C14H17ClO4S. The van der Waals surface area contributed by atoms with Crippen molar-refractivity contribution >= 4 is 29.3 Å². The minimum absolute atomic E-state index is 0.161. The number of hydrogen-bond acceptors (Lipinski definition) is 5. The van der Waals surface area contributed by atoms with Crippen LogP contribution < -0.4 is 4.74 Å². The molecule has 0 aliphatic carbocycles. The van der Waals surface area contributed by atoms with Crippen LogP contribution in [0.15, 0.2) is 11.0 Å². The highest BCUT2D eigenvalue weighted by Crippen LogP contribution is 2.46. The zero-order chi connectivity index (χ0) is 14.7. The molecule has 1 aliphatic heterocycles. The topological polar surface area (TPSA) is 44.8 Å². The number of carbonyl (C=O) groups is 1. The summed E-state index contributed by atoms with van der Waals surface area (Å²) in [6.45, 7) is 2.65. The van der Waals surface area contributed by atoms with E-state index in [-0.39, 0.29) is 6.10 Å². The summed E-state index contributed by atoms with van der Waals surface area (Å²) in [5, 5.41) is 0.364. The zero-order valence-electron chi connectivity index (χ0n) is 11.7. The van der Waals surface area contributed by atoms with Crippen molar-refractivity contribution in [2.45, 2.75) is 24.3 Å². The summed E-state index contributed by atoms with van der Waals surface area (Å²) < 4.78 is 16.2. The molecule has 0 spiro atoms. The number of halogens is 1. The molecular weight excluding hydrogens is 300 g/mol. The highest BCUT2D eigenvalue weighted by molar-refractivity contribution is 7.98. The maximum atomic E-state index is 12.0. The lowest BCUT2D eigenvalue weighted by atomic mass is 10.00. The first-order valence-electron chi connectivity index (χ1n) is 6.37. The number of methoxy groups -OCH3 is 1. The van der Waals surface area contributed by atoms with Crippen LogP contribution in [0.1, 0.15) is 35.4 Å². The van der Waals surface area contributed by atoms with Crippen molar-refractivity contribution in [3.8, 4) is 5.75 Å². The van der Waals surface area contributed by atoms with E-state index in [0.29, 0.717) is 36.0 Å². The second-order valence-electron chi connectivity index (χ2n) is 4.27. The standard InChI is InChI=1S/C14H17ClO4S/c1-4-18-14(16)8-7-10(20-3)13-11(12(8)15)9(17-2)5-6-19-13/h7,9H,4-6H2,1-3H3. The molecule has 0 amide bonds. The molecule has 4 nitrogen and oxygen atoms in total. The predicted molar refractivity (Wildman–Crippen MR) is 79.1 cm³/mol. The highest BCUT2D eigenvalue weighted by Gasteiger charge is 2.30. The van der Waals surface area contributed by atoms with Crippen LogP contribution in [-0.2, 0) is 9.47 Å². The largest absolute Gasteiger partial charge is 0.492 e. The summed E-state index contributed by atoms with van der Waals surface area (Å²) in [5.74, 6) is 0.296.